The maximum Gasteiger partial charge on any atom is 0.260 e. The van der Waals surface area contributed by atoms with Crippen LogP contribution in [0.3, 0.4) is 0 Å². The van der Waals surface area contributed by atoms with Crippen LogP contribution in [0, 0.1) is 11.3 Å². The molecule has 1 aliphatic carbocycles. The number of fused-ring (bicyclic) bond motifs is 1. The molecule has 2 aliphatic rings. The summed E-state index contributed by atoms with van der Waals surface area (Å²) in [4.78, 5) is 14.3. The number of morpholine rings is 1. The van der Waals surface area contributed by atoms with Gasteiger partial charge < -0.3 is 14.4 Å². The number of hydrogen-bond acceptors (Lipinski definition) is 4. The van der Waals surface area contributed by atoms with E-state index in [4.69, 9.17) is 14.7 Å². The molecule has 5 nitrogen and oxygen atoms in total. The Bertz CT molecular complexity index is 564. The molecule has 2 fully saturated rings. The van der Waals surface area contributed by atoms with Gasteiger partial charge in [0.05, 0.1) is 31.2 Å². The highest BCUT2D eigenvalue weighted by atomic mass is 16.5. The molecular weight excluding hydrogens is 280 g/mol. The van der Waals surface area contributed by atoms with E-state index < -0.39 is 0 Å². The summed E-state index contributed by atoms with van der Waals surface area (Å²) in [6.45, 7) is 1.33. The van der Waals surface area contributed by atoms with Crippen molar-refractivity contribution in [1.29, 1.82) is 5.26 Å². The standard InChI is InChI=1S/C17H20N2O3/c18-9-8-13-4-6-14(7-5-13)22-12-17(20)19-10-11-21-16-3-1-2-15(16)19/h4-7,15-16H,1-3,8,10-12H2. The van der Waals surface area contributed by atoms with Crippen molar-refractivity contribution >= 4 is 5.91 Å². The molecule has 0 N–H and O–H groups in total. The molecule has 1 amide bonds. The smallest absolute Gasteiger partial charge is 0.260 e. The van der Waals surface area contributed by atoms with Crippen molar-refractivity contribution in [3.05, 3.63) is 29.8 Å². The molecular formula is C17H20N2O3. The molecule has 22 heavy (non-hydrogen) atoms. The maximum atomic E-state index is 12.4. The van der Waals surface area contributed by atoms with Gasteiger partial charge in [0.1, 0.15) is 5.75 Å². The Labute approximate surface area is 130 Å². The molecule has 1 heterocycles. The van der Waals surface area contributed by atoms with Gasteiger partial charge in [0, 0.05) is 6.54 Å². The number of carbonyl (C=O) groups is 1. The van der Waals surface area contributed by atoms with Crippen molar-refractivity contribution < 1.29 is 14.3 Å². The first-order valence-electron chi connectivity index (χ1n) is 7.77. The molecule has 1 aromatic rings. The fourth-order valence-corrected chi connectivity index (χ4v) is 3.26. The van der Waals surface area contributed by atoms with Crippen LogP contribution < -0.4 is 4.74 Å². The molecule has 1 saturated carbocycles. The number of benzene rings is 1. The maximum absolute atomic E-state index is 12.4. The molecule has 1 saturated heterocycles. The van der Waals surface area contributed by atoms with Gasteiger partial charge in [-0.1, -0.05) is 12.1 Å². The van der Waals surface area contributed by atoms with Gasteiger partial charge in [0.2, 0.25) is 0 Å². The number of amides is 1. The lowest BCUT2D eigenvalue weighted by molar-refractivity contribution is -0.146. The van der Waals surface area contributed by atoms with Crippen LogP contribution in [-0.2, 0) is 16.0 Å². The monoisotopic (exact) mass is 300 g/mol. The highest BCUT2D eigenvalue weighted by Crippen LogP contribution is 2.29. The topological polar surface area (TPSA) is 62.6 Å². The van der Waals surface area contributed by atoms with E-state index in [1.807, 2.05) is 17.0 Å². The first-order valence-corrected chi connectivity index (χ1v) is 7.77. The van der Waals surface area contributed by atoms with E-state index >= 15 is 0 Å². The second kappa shape index (κ2) is 6.80. The summed E-state index contributed by atoms with van der Waals surface area (Å²) in [6.07, 6.45) is 3.80. The van der Waals surface area contributed by atoms with E-state index in [-0.39, 0.29) is 24.7 Å². The molecule has 2 unspecified atom stereocenters. The Morgan fingerprint density at radius 3 is 2.95 bits per heavy atom. The summed E-state index contributed by atoms with van der Waals surface area (Å²) in [5, 5.41) is 8.64. The van der Waals surface area contributed by atoms with Crippen molar-refractivity contribution in [1.82, 2.24) is 4.90 Å². The first-order chi connectivity index (χ1) is 10.8. The predicted molar refractivity (Wildman–Crippen MR) is 80.3 cm³/mol. The van der Waals surface area contributed by atoms with Crippen LogP contribution in [0.4, 0.5) is 0 Å². The minimum Gasteiger partial charge on any atom is -0.484 e. The second-order valence-electron chi connectivity index (χ2n) is 5.76. The SMILES string of the molecule is N#CCc1ccc(OCC(=O)N2CCOC3CCCC32)cc1. The Morgan fingerprint density at radius 2 is 2.18 bits per heavy atom. The van der Waals surface area contributed by atoms with E-state index in [0.717, 1.165) is 24.8 Å². The third-order valence-electron chi connectivity index (χ3n) is 4.37. The molecule has 2 atom stereocenters. The normalized spacial score (nSPS) is 23.7. The average Bonchev–Trinajstić information content (AvgIpc) is 3.02. The number of carbonyl (C=O) groups excluding carboxylic acids is 1. The van der Waals surface area contributed by atoms with Crippen LogP contribution in [0.5, 0.6) is 5.75 Å². The lowest BCUT2D eigenvalue weighted by atomic mass is 10.1. The Hall–Kier alpha value is -2.06. The molecule has 0 spiro atoms. The lowest BCUT2D eigenvalue weighted by Gasteiger charge is -2.37. The van der Waals surface area contributed by atoms with Crippen LogP contribution in [0.25, 0.3) is 0 Å². The van der Waals surface area contributed by atoms with Crippen molar-refractivity contribution in [2.45, 2.75) is 37.8 Å². The zero-order valence-corrected chi connectivity index (χ0v) is 12.5. The number of nitrogens with zero attached hydrogens (tertiary/aromatic N) is 2. The van der Waals surface area contributed by atoms with Gasteiger partial charge in [0.25, 0.3) is 5.91 Å². The second-order valence-corrected chi connectivity index (χ2v) is 5.76. The van der Waals surface area contributed by atoms with Crippen LogP contribution in [-0.4, -0.2) is 42.7 Å². The van der Waals surface area contributed by atoms with Gasteiger partial charge in [-0.15, -0.1) is 0 Å². The van der Waals surface area contributed by atoms with Gasteiger partial charge in [-0.3, -0.25) is 4.79 Å². The van der Waals surface area contributed by atoms with E-state index in [9.17, 15) is 4.79 Å². The third-order valence-corrected chi connectivity index (χ3v) is 4.37. The number of hydrogen-bond donors (Lipinski definition) is 0. The lowest BCUT2D eigenvalue weighted by Crippen LogP contribution is -2.52. The summed E-state index contributed by atoms with van der Waals surface area (Å²) in [5.41, 5.74) is 0.947. The molecule has 116 valence electrons. The molecule has 0 aromatic heterocycles. The van der Waals surface area contributed by atoms with Crippen LogP contribution in [0.2, 0.25) is 0 Å². The quantitative estimate of drug-likeness (QED) is 0.852. The van der Waals surface area contributed by atoms with Crippen molar-refractivity contribution in [3.8, 4) is 11.8 Å². The van der Waals surface area contributed by atoms with E-state index in [1.54, 1.807) is 12.1 Å². The Balaban J connectivity index is 1.54. The molecule has 5 heteroatoms. The number of nitriles is 1. The zero-order chi connectivity index (χ0) is 15.4. The summed E-state index contributed by atoms with van der Waals surface area (Å²) in [6, 6.07) is 9.64. The molecule has 0 bridgehead atoms. The molecule has 1 aliphatic heterocycles. The molecule has 3 rings (SSSR count). The largest absolute Gasteiger partial charge is 0.484 e. The zero-order valence-electron chi connectivity index (χ0n) is 12.5. The minimum absolute atomic E-state index is 0.0290. The number of rotatable bonds is 4. The Kier molecular flexibility index (Phi) is 4.59. The van der Waals surface area contributed by atoms with Crippen LogP contribution >= 0.6 is 0 Å². The van der Waals surface area contributed by atoms with Crippen molar-refractivity contribution in [3.63, 3.8) is 0 Å². The average molecular weight is 300 g/mol. The van der Waals surface area contributed by atoms with E-state index in [0.29, 0.717) is 25.3 Å². The van der Waals surface area contributed by atoms with E-state index in [1.165, 1.54) is 0 Å². The fourth-order valence-electron chi connectivity index (χ4n) is 3.26. The summed E-state index contributed by atoms with van der Waals surface area (Å²) < 4.78 is 11.3. The van der Waals surface area contributed by atoms with Crippen molar-refractivity contribution in [2.75, 3.05) is 19.8 Å². The summed E-state index contributed by atoms with van der Waals surface area (Å²) in [5.74, 6) is 0.688. The first kappa shape index (κ1) is 14.9. The highest BCUT2D eigenvalue weighted by molar-refractivity contribution is 5.78. The minimum atomic E-state index is 0.0290. The van der Waals surface area contributed by atoms with Crippen molar-refractivity contribution in [2.24, 2.45) is 0 Å². The van der Waals surface area contributed by atoms with Gasteiger partial charge in [-0.25, -0.2) is 0 Å². The van der Waals surface area contributed by atoms with Crippen LogP contribution in [0.1, 0.15) is 24.8 Å². The highest BCUT2D eigenvalue weighted by Gasteiger charge is 2.38. The molecule has 1 aromatic carbocycles. The van der Waals surface area contributed by atoms with Gasteiger partial charge in [-0.2, -0.15) is 5.26 Å². The predicted octanol–water partition coefficient (Wildman–Crippen LogP) is 1.91. The summed E-state index contributed by atoms with van der Waals surface area (Å²) in [7, 11) is 0. The van der Waals surface area contributed by atoms with Gasteiger partial charge in [-0.05, 0) is 37.0 Å². The van der Waals surface area contributed by atoms with E-state index in [2.05, 4.69) is 6.07 Å². The Morgan fingerprint density at radius 1 is 1.36 bits per heavy atom. The van der Waals surface area contributed by atoms with Gasteiger partial charge >= 0.3 is 0 Å². The van der Waals surface area contributed by atoms with Crippen LogP contribution in [0.15, 0.2) is 24.3 Å². The number of ether oxygens (including phenoxy) is 2. The fraction of sp³-hybridized carbons (Fsp3) is 0.529. The van der Waals surface area contributed by atoms with Gasteiger partial charge in [0.15, 0.2) is 6.61 Å². The summed E-state index contributed by atoms with van der Waals surface area (Å²) >= 11 is 0. The third kappa shape index (κ3) is 3.23. The molecule has 0 radical (unpaired) electrons.